The molecule has 2 aromatic carbocycles. The van der Waals surface area contributed by atoms with Crippen LogP contribution in [-0.2, 0) is 6.42 Å². The van der Waals surface area contributed by atoms with E-state index in [1.807, 2.05) is 42.6 Å². The first kappa shape index (κ1) is 15.0. The topological polar surface area (TPSA) is 75.4 Å². The van der Waals surface area contributed by atoms with Crippen LogP contribution in [0.15, 0.2) is 59.7 Å². The second kappa shape index (κ2) is 6.87. The quantitative estimate of drug-likeness (QED) is 0.500. The Morgan fingerprint density at radius 1 is 1.17 bits per heavy atom. The molecular weight excluding hydrogens is 288 g/mol. The average Bonchev–Trinajstić information content (AvgIpc) is 2.99. The molecule has 0 fully saturated rings. The molecule has 1 heterocycles. The van der Waals surface area contributed by atoms with Crippen LogP contribution in [0.2, 0.25) is 0 Å². The molecule has 0 aliphatic heterocycles. The van der Waals surface area contributed by atoms with Gasteiger partial charge >= 0.3 is 0 Å². The molecular formula is C18H20N4O. The van der Waals surface area contributed by atoms with Gasteiger partial charge in [0.1, 0.15) is 5.75 Å². The van der Waals surface area contributed by atoms with Crippen molar-refractivity contribution in [1.82, 2.24) is 4.98 Å². The number of rotatable bonds is 5. The molecule has 3 aromatic rings. The summed E-state index contributed by atoms with van der Waals surface area (Å²) in [5.41, 5.74) is 9.16. The van der Waals surface area contributed by atoms with Crippen LogP contribution in [0.4, 0.5) is 5.69 Å². The van der Waals surface area contributed by atoms with Crippen LogP contribution in [-0.4, -0.2) is 24.6 Å². The number of nitrogens with two attached hydrogens (primary N) is 1. The van der Waals surface area contributed by atoms with Crippen LogP contribution < -0.4 is 15.8 Å². The summed E-state index contributed by atoms with van der Waals surface area (Å²) in [5.74, 6) is 1.12. The fourth-order valence-corrected chi connectivity index (χ4v) is 2.56. The van der Waals surface area contributed by atoms with E-state index in [1.165, 1.54) is 10.9 Å². The Morgan fingerprint density at radius 3 is 2.83 bits per heavy atom. The predicted molar refractivity (Wildman–Crippen MR) is 95.1 cm³/mol. The highest BCUT2D eigenvalue weighted by atomic mass is 16.5. The molecule has 4 N–H and O–H groups in total. The SMILES string of the molecule is COc1ccccc1NC(N)=NCCc1c[nH]c2ccccc12. The summed E-state index contributed by atoms with van der Waals surface area (Å²) in [7, 11) is 1.63. The molecule has 118 valence electrons. The number of aromatic amines is 1. The Balaban J connectivity index is 1.63. The van der Waals surface area contributed by atoms with Crippen molar-refractivity contribution in [3.05, 3.63) is 60.3 Å². The number of guanidine groups is 1. The first-order valence-corrected chi connectivity index (χ1v) is 7.53. The maximum Gasteiger partial charge on any atom is 0.193 e. The van der Waals surface area contributed by atoms with Gasteiger partial charge in [0.2, 0.25) is 0 Å². The summed E-state index contributed by atoms with van der Waals surface area (Å²) in [5, 5.41) is 4.31. The maximum atomic E-state index is 5.96. The van der Waals surface area contributed by atoms with Crippen molar-refractivity contribution in [2.75, 3.05) is 19.0 Å². The molecule has 1 aromatic heterocycles. The van der Waals surface area contributed by atoms with Crippen molar-refractivity contribution in [3.8, 4) is 5.75 Å². The van der Waals surface area contributed by atoms with E-state index < -0.39 is 0 Å². The van der Waals surface area contributed by atoms with Gasteiger partial charge < -0.3 is 20.8 Å². The first-order valence-electron chi connectivity index (χ1n) is 7.53. The van der Waals surface area contributed by atoms with Crippen molar-refractivity contribution < 1.29 is 4.74 Å². The number of para-hydroxylation sites is 3. The number of nitrogens with one attached hydrogen (secondary N) is 2. The maximum absolute atomic E-state index is 5.96. The van der Waals surface area contributed by atoms with Gasteiger partial charge in [-0.25, -0.2) is 0 Å². The lowest BCUT2D eigenvalue weighted by atomic mass is 10.1. The van der Waals surface area contributed by atoms with Crippen molar-refractivity contribution >= 4 is 22.5 Å². The highest BCUT2D eigenvalue weighted by Crippen LogP contribution is 2.22. The van der Waals surface area contributed by atoms with Crippen molar-refractivity contribution in [2.45, 2.75) is 6.42 Å². The number of aliphatic imine (C=N–C) groups is 1. The van der Waals surface area contributed by atoms with Gasteiger partial charge in [0.25, 0.3) is 0 Å². The third kappa shape index (κ3) is 3.45. The summed E-state index contributed by atoms with van der Waals surface area (Å²) in [6, 6.07) is 15.9. The monoisotopic (exact) mass is 308 g/mol. The molecule has 0 saturated carbocycles. The first-order chi connectivity index (χ1) is 11.3. The molecule has 3 rings (SSSR count). The Labute approximate surface area is 135 Å². The fraction of sp³-hybridized carbons (Fsp3) is 0.167. The van der Waals surface area contributed by atoms with Crippen LogP contribution in [0.25, 0.3) is 10.9 Å². The van der Waals surface area contributed by atoms with Gasteiger partial charge in [0.15, 0.2) is 5.96 Å². The smallest absolute Gasteiger partial charge is 0.193 e. The van der Waals surface area contributed by atoms with Crippen molar-refractivity contribution in [2.24, 2.45) is 10.7 Å². The zero-order chi connectivity index (χ0) is 16.1. The van der Waals surface area contributed by atoms with Crippen LogP contribution in [0, 0.1) is 0 Å². The molecule has 5 nitrogen and oxygen atoms in total. The summed E-state index contributed by atoms with van der Waals surface area (Å²) in [6.45, 7) is 0.621. The molecule has 0 radical (unpaired) electrons. The third-order valence-corrected chi connectivity index (χ3v) is 3.71. The molecule has 0 bridgehead atoms. The number of anilines is 1. The van der Waals surface area contributed by atoms with Gasteiger partial charge in [-0.2, -0.15) is 0 Å². The number of H-pyrrole nitrogens is 1. The zero-order valence-corrected chi connectivity index (χ0v) is 13.0. The largest absolute Gasteiger partial charge is 0.495 e. The fourth-order valence-electron chi connectivity index (χ4n) is 2.56. The molecule has 0 aliphatic carbocycles. The molecule has 0 spiro atoms. The summed E-state index contributed by atoms with van der Waals surface area (Å²) >= 11 is 0. The highest BCUT2D eigenvalue weighted by Gasteiger charge is 2.04. The van der Waals surface area contributed by atoms with Gasteiger partial charge in [-0.3, -0.25) is 4.99 Å². The van der Waals surface area contributed by atoms with Crippen molar-refractivity contribution in [1.29, 1.82) is 0 Å². The summed E-state index contributed by atoms with van der Waals surface area (Å²) in [4.78, 5) is 7.66. The Hall–Kier alpha value is -2.95. The molecule has 23 heavy (non-hydrogen) atoms. The van der Waals surface area contributed by atoms with E-state index >= 15 is 0 Å². The van der Waals surface area contributed by atoms with Crippen LogP contribution in [0.5, 0.6) is 5.75 Å². The van der Waals surface area contributed by atoms with E-state index in [4.69, 9.17) is 10.5 Å². The number of benzene rings is 2. The van der Waals surface area contributed by atoms with Gasteiger partial charge in [-0.05, 0) is 30.2 Å². The van der Waals surface area contributed by atoms with Crippen LogP contribution in [0.1, 0.15) is 5.56 Å². The normalized spacial score (nSPS) is 11.6. The van der Waals surface area contributed by atoms with E-state index in [0.29, 0.717) is 12.5 Å². The Morgan fingerprint density at radius 2 is 1.96 bits per heavy atom. The minimum atomic E-state index is 0.384. The lowest BCUT2D eigenvalue weighted by molar-refractivity contribution is 0.417. The lowest BCUT2D eigenvalue weighted by Gasteiger charge is -2.10. The van der Waals surface area contributed by atoms with E-state index in [-0.39, 0.29) is 0 Å². The number of hydrogen-bond donors (Lipinski definition) is 3. The standard InChI is InChI=1S/C18H20N4O/c1-23-17-9-5-4-8-16(17)22-18(19)20-11-10-13-12-21-15-7-3-2-6-14(13)15/h2-9,12,21H,10-11H2,1H3,(H3,19,20,22). The van der Waals surface area contributed by atoms with E-state index in [1.54, 1.807) is 7.11 Å². The Kier molecular flexibility index (Phi) is 4.47. The minimum Gasteiger partial charge on any atom is -0.495 e. The summed E-state index contributed by atoms with van der Waals surface area (Å²) in [6.07, 6.45) is 2.86. The average molecular weight is 308 g/mol. The van der Waals surface area contributed by atoms with Gasteiger partial charge in [-0.15, -0.1) is 0 Å². The van der Waals surface area contributed by atoms with E-state index in [9.17, 15) is 0 Å². The number of ether oxygens (including phenoxy) is 1. The molecule has 0 atom stereocenters. The predicted octanol–water partition coefficient (Wildman–Crippen LogP) is 3.15. The lowest BCUT2D eigenvalue weighted by Crippen LogP contribution is -2.23. The number of hydrogen-bond acceptors (Lipinski definition) is 2. The third-order valence-electron chi connectivity index (χ3n) is 3.71. The minimum absolute atomic E-state index is 0.384. The van der Waals surface area contributed by atoms with Crippen molar-refractivity contribution in [3.63, 3.8) is 0 Å². The Bertz CT molecular complexity index is 823. The number of methoxy groups -OCH3 is 1. The molecule has 0 aliphatic rings. The van der Waals surface area contributed by atoms with Gasteiger partial charge in [-0.1, -0.05) is 30.3 Å². The number of fused-ring (bicyclic) bond motifs is 1. The molecule has 0 saturated heterocycles. The van der Waals surface area contributed by atoms with Gasteiger partial charge in [0, 0.05) is 23.6 Å². The second-order valence-corrected chi connectivity index (χ2v) is 5.20. The van der Waals surface area contributed by atoms with Crippen LogP contribution >= 0.6 is 0 Å². The van der Waals surface area contributed by atoms with E-state index in [2.05, 4.69) is 27.4 Å². The van der Waals surface area contributed by atoms with Gasteiger partial charge in [0.05, 0.1) is 12.8 Å². The zero-order valence-electron chi connectivity index (χ0n) is 13.0. The van der Waals surface area contributed by atoms with Crippen LogP contribution in [0.3, 0.4) is 0 Å². The molecule has 5 heteroatoms. The highest BCUT2D eigenvalue weighted by molar-refractivity contribution is 5.93. The molecule has 0 amide bonds. The second-order valence-electron chi connectivity index (χ2n) is 5.20. The number of aromatic nitrogens is 1. The summed E-state index contributed by atoms with van der Waals surface area (Å²) < 4.78 is 5.28. The van der Waals surface area contributed by atoms with E-state index in [0.717, 1.165) is 23.4 Å². The number of nitrogens with zero attached hydrogens (tertiary/aromatic N) is 1. The molecule has 0 unspecified atom stereocenters.